The first kappa shape index (κ1) is 23.1. The van der Waals surface area contributed by atoms with E-state index in [1.54, 1.807) is 30.3 Å². The third-order valence-corrected chi connectivity index (χ3v) is 6.95. The average molecular weight is 418 g/mol. The zero-order chi connectivity index (χ0) is 21.4. The minimum absolute atomic E-state index is 0.149. The van der Waals surface area contributed by atoms with Crippen LogP contribution in [0.25, 0.3) is 0 Å². The highest BCUT2D eigenvalue weighted by atomic mass is 32.2. The molecule has 0 saturated carbocycles. The molecule has 0 bridgehead atoms. The van der Waals surface area contributed by atoms with E-state index in [4.69, 9.17) is 4.74 Å². The van der Waals surface area contributed by atoms with Crippen LogP contribution in [0.4, 0.5) is 0 Å². The van der Waals surface area contributed by atoms with Gasteiger partial charge in [-0.2, -0.15) is 4.31 Å². The lowest BCUT2D eigenvalue weighted by Gasteiger charge is -2.18. The summed E-state index contributed by atoms with van der Waals surface area (Å²) in [6.07, 6.45) is 9.67. The molecule has 5 nitrogen and oxygen atoms in total. The summed E-state index contributed by atoms with van der Waals surface area (Å²) in [6, 6.07) is 6.79. The van der Waals surface area contributed by atoms with E-state index in [-0.39, 0.29) is 24.0 Å². The van der Waals surface area contributed by atoms with E-state index < -0.39 is 15.9 Å². The maximum absolute atomic E-state index is 13.1. The second-order valence-electron chi connectivity index (χ2n) is 7.27. The fourth-order valence-corrected chi connectivity index (χ4v) is 4.77. The number of carbonyl (C=O) groups is 1. The van der Waals surface area contributed by atoms with E-state index in [1.807, 2.05) is 19.1 Å². The highest BCUT2D eigenvalue weighted by Gasteiger charge is 2.36. The van der Waals surface area contributed by atoms with Gasteiger partial charge in [-0.05, 0) is 43.0 Å². The van der Waals surface area contributed by atoms with Gasteiger partial charge < -0.3 is 4.74 Å². The highest BCUT2D eigenvalue weighted by molar-refractivity contribution is 7.89. The number of methoxy groups -OCH3 is 1. The third kappa shape index (κ3) is 5.67. The summed E-state index contributed by atoms with van der Waals surface area (Å²) in [5, 5.41) is 0. The molecule has 0 spiro atoms. The van der Waals surface area contributed by atoms with Crippen LogP contribution in [-0.4, -0.2) is 38.9 Å². The fraction of sp³-hybridized carbons (Fsp3) is 0.435. The van der Waals surface area contributed by atoms with Crippen molar-refractivity contribution in [1.29, 1.82) is 0 Å². The Labute approximate surface area is 174 Å². The van der Waals surface area contributed by atoms with Gasteiger partial charge in [0.05, 0.1) is 17.9 Å². The third-order valence-electron chi connectivity index (χ3n) is 5.14. The van der Waals surface area contributed by atoms with E-state index in [2.05, 4.69) is 13.5 Å². The Hall–Kier alpha value is -2.18. The standard InChI is InChI=1S/C23H31NO4S/c1-5-7-8-9-10-11-21(23(25)28-4)22-17-24(16-19(22)6-2)29(26,27)20-14-12-18(3)13-15-20/h6,10-15,21H,2,5,7-9,16-17H2,1,3-4H3/b11-10+. The Bertz CT molecular complexity index is 882. The quantitative estimate of drug-likeness (QED) is 0.321. The van der Waals surface area contributed by atoms with Crippen molar-refractivity contribution in [1.82, 2.24) is 4.31 Å². The number of aryl methyl sites for hydroxylation is 1. The summed E-state index contributed by atoms with van der Waals surface area (Å²) < 4.78 is 32.5. The van der Waals surface area contributed by atoms with Crippen molar-refractivity contribution in [3.63, 3.8) is 0 Å². The molecule has 1 aliphatic rings. The van der Waals surface area contributed by atoms with Gasteiger partial charge in [-0.15, -0.1) is 0 Å². The van der Waals surface area contributed by atoms with Gasteiger partial charge in [0.15, 0.2) is 0 Å². The van der Waals surface area contributed by atoms with Gasteiger partial charge in [-0.25, -0.2) is 8.42 Å². The van der Waals surface area contributed by atoms with Crippen LogP contribution in [0, 0.1) is 12.8 Å². The van der Waals surface area contributed by atoms with Crippen molar-refractivity contribution in [2.45, 2.75) is 44.4 Å². The van der Waals surface area contributed by atoms with Gasteiger partial charge in [-0.1, -0.05) is 62.3 Å². The normalized spacial score (nSPS) is 16.4. The lowest BCUT2D eigenvalue weighted by molar-refractivity contribution is -0.142. The molecule has 1 aliphatic heterocycles. The fourth-order valence-electron chi connectivity index (χ4n) is 3.37. The molecular formula is C23H31NO4S. The lowest BCUT2D eigenvalue weighted by Crippen LogP contribution is -2.30. The Balaban J connectivity index is 2.26. The second kappa shape index (κ2) is 10.6. The molecule has 0 fully saturated rings. The first-order chi connectivity index (χ1) is 13.8. The van der Waals surface area contributed by atoms with Crippen LogP contribution in [-0.2, 0) is 19.6 Å². The monoisotopic (exact) mass is 417 g/mol. The molecule has 1 heterocycles. The van der Waals surface area contributed by atoms with Gasteiger partial charge in [0.1, 0.15) is 0 Å². The summed E-state index contributed by atoms with van der Waals surface area (Å²) in [5.41, 5.74) is 2.48. The van der Waals surface area contributed by atoms with Crippen LogP contribution >= 0.6 is 0 Å². The maximum atomic E-state index is 13.1. The number of nitrogens with zero attached hydrogens (tertiary/aromatic N) is 1. The second-order valence-corrected chi connectivity index (χ2v) is 9.20. The molecule has 158 valence electrons. The van der Waals surface area contributed by atoms with Crippen LogP contribution < -0.4 is 0 Å². The van der Waals surface area contributed by atoms with Gasteiger partial charge in [0, 0.05) is 13.1 Å². The number of ether oxygens (including phenoxy) is 1. The summed E-state index contributed by atoms with van der Waals surface area (Å²) in [5.74, 6) is -0.992. The maximum Gasteiger partial charge on any atom is 0.316 e. The SMILES string of the molecule is C=CC1=C(C(/C=C/CCCCC)C(=O)OC)CN(S(=O)(=O)c2ccc(C)cc2)C1. The number of benzene rings is 1. The van der Waals surface area contributed by atoms with Crippen molar-refractivity contribution in [2.75, 3.05) is 20.2 Å². The molecule has 0 aromatic heterocycles. The number of allylic oxidation sites excluding steroid dienone is 1. The van der Waals surface area contributed by atoms with Crippen molar-refractivity contribution in [2.24, 2.45) is 5.92 Å². The van der Waals surface area contributed by atoms with Crippen molar-refractivity contribution < 1.29 is 17.9 Å². The summed E-state index contributed by atoms with van der Waals surface area (Å²) in [6.45, 7) is 8.23. The molecule has 1 unspecified atom stereocenters. The summed E-state index contributed by atoms with van der Waals surface area (Å²) in [7, 11) is -2.31. The van der Waals surface area contributed by atoms with Crippen LogP contribution in [0.1, 0.15) is 38.2 Å². The van der Waals surface area contributed by atoms with E-state index in [0.717, 1.165) is 42.4 Å². The Morgan fingerprint density at radius 1 is 1.24 bits per heavy atom. The Kier molecular flexibility index (Phi) is 8.41. The van der Waals surface area contributed by atoms with Crippen molar-refractivity contribution >= 4 is 16.0 Å². The predicted molar refractivity (Wildman–Crippen MR) is 116 cm³/mol. The molecule has 1 atom stereocenters. The molecule has 0 saturated heterocycles. The number of hydrogen-bond acceptors (Lipinski definition) is 4. The highest BCUT2D eigenvalue weighted by Crippen LogP contribution is 2.31. The molecular weight excluding hydrogens is 386 g/mol. The first-order valence-electron chi connectivity index (χ1n) is 10.0. The largest absolute Gasteiger partial charge is 0.468 e. The van der Waals surface area contributed by atoms with Crippen molar-refractivity contribution in [3.05, 3.63) is 65.8 Å². The van der Waals surface area contributed by atoms with Gasteiger partial charge >= 0.3 is 5.97 Å². The minimum Gasteiger partial charge on any atom is -0.468 e. The Morgan fingerprint density at radius 2 is 1.93 bits per heavy atom. The number of rotatable bonds is 10. The predicted octanol–water partition coefficient (Wildman–Crippen LogP) is 4.41. The number of carbonyl (C=O) groups excluding carboxylic acids is 1. The van der Waals surface area contributed by atoms with E-state index in [0.29, 0.717) is 0 Å². The lowest BCUT2D eigenvalue weighted by atomic mass is 9.95. The van der Waals surface area contributed by atoms with Crippen LogP contribution in [0.15, 0.2) is 65.1 Å². The molecule has 0 amide bonds. The van der Waals surface area contributed by atoms with E-state index >= 15 is 0 Å². The number of esters is 1. The van der Waals surface area contributed by atoms with E-state index in [9.17, 15) is 13.2 Å². The molecule has 0 radical (unpaired) electrons. The minimum atomic E-state index is -3.66. The van der Waals surface area contributed by atoms with Crippen LogP contribution in [0.2, 0.25) is 0 Å². The first-order valence-corrected chi connectivity index (χ1v) is 11.4. The molecule has 1 aromatic rings. The smallest absolute Gasteiger partial charge is 0.316 e. The van der Waals surface area contributed by atoms with Gasteiger partial charge in [0.2, 0.25) is 10.0 Å². The Morgan fingerprint density at radius 3 is 2.52 bits per heavy atom. The summed E-state index contributed by atoms with van der Waals surface area (Å²) >= 11 is 0. The number of sulfonamides is 1. The number of unbranched alkanes of at least 4 members (excludes halogenated alkanes) is 3. The van der Waals surface area contributed by atoms with E-state index in [1.165, 1.54) is 11.4 Å². The molecule has 2 rings (SSSR count). The topological polar surface area (TPSA) is 63.7 Å². The van der Waals surface area contributed by atoms with Gasteiger partial charge in [0.25, 0.3) is 0 Å². The number of hydrogen-bond donors (Lipinski definition) is 0. The molecule has 0 aliphatic carbocycles. The average Bonchev–Trinajstić information content (AvgIpc) is 3.15. The molecule has 0 N–H and O–H groups in total. The van der Waals surface area contributed by atoms with Crippen LogP contribution in [0.3, 0.4) is 0 Å². The molecule has 29 heavy (non-hydrogen) atoms. The summed E-state index contributed by atoms with van der Waals surface area (Å²) in [4.78, 5) is 12.7. The zero-order valence-corrected chi connectivity index (χ0v) is 18.4. The molecule has 1 aromatic carbocycles. The molecule has 6 heteroatoms. The van der Waals surface area contributed by atoms with Gasteiger partial charge in [-0.3, -0.25) is 4.79 Å². The zero-order valence-electron chi connectivity index (χ0n) is 17.6. The van der Waals surface area contributed by atoms with Crippen LogP contribution in [0.5, 0.6) is 0 Å². The van der Waals surface area contributed by atoms with Crippen molar-refractivity contribution in [3.8, 4) is 0 Å².